The molecule has 134 valence electrons. The Hall–Kier alpha value is -1.87. The van der Waals surface area contributed by atoms with Crippen molar-refractivity contribution in [1.82, 2.24) is 14.8 Å². The molecule has 1 aliphatic carbocycles. The highest BCUT2D eigenvalue weighted by molar-refractivity contribution is 7.99. The van der Waals surface area contributed by atoms with Gasteiger partial charge in [-0.05, 0) is 25.3 Å². The number of rotatable bonds is 7. The summed E-state index contributed by atoms with van der Waals surface area (Å²) in [4.78, 5) is 25.1. The minimum absolute atomic E-state index is 0.185. The molecule has 1 aliphatic rings. The largest absolute Gasteiger partial charge is 0.465 e. The van der Waals surface area contributed by atoms with Crippen molar-refractivity contribution < 1.29 is 14.3 Å². The molecular weight excluding hydrogens is 360 g/mol. The Balaban J connectivity index is 1.63. The van der Waals surface area contributed by atoms with E-state index in [-0.39, 0.29) is 11.7 Å². The van der Waals surface area contributed by atoms with Crippen LogP contribution in [0.1, 0.15) is 46.7 Å². The lowest BCUT2D eigenvalue weighted by Gasteiger charge is -2.05. The second-order valence-electron chi connectivity index (χ2n) is 5.81. The molecule has 25 heavy (non-hydrogen) atoms. The normalized spacial score (nSPS) is 13.7. The highest BCUT2D eigenvalue weighted by atomic mass is 32.2. The Morgan fingerprint density at radius 2 is 2.20 bits per heavy atom. The van der Waals surface area contributed by atoms with E-state index >= 15 is 0 Å². The number of carbonyl (C=O) groups excluding carboxylic acids is 2. The summed E-state index contributed by atoms with van der Waals surface area (Å²) in [6, 6.07) is 1.77. The molecule has 0 bridgehead atoms. The Morgan fingerprint density at radius 3 is 2.84 bits per heavy atom. The second-order valence-corrected chi connectivity index (χ2v) is 7.89. The van der Waals surface area contributed by atoms with Crippen molar-refractivity contribution in [3.63, 3.8) is 0 Å². The van der Waals surface area contributed by atoms with Gasteiger partial charge in [-0.2, -0.15) is 0 Å². The second kappa shape index (κ2) is 7.57. The molecule has 0 aromatic carbocycles. The number of hydrogen-bond donors (Lipinski definition) is 1. The van der Waals surface area contributed by atoms with Crippen LogP contribution in [-0.2, 0) is 23.0 Å². The van der Waals surface area contributed by atoms with Crippen LogP contribution in [0.2, 0.25) is 0 Å². The third-order valence-corrected chi connectivity index (χ3v) is 6.15. The van der Waals surface area contributed by atoms with Gasteiger partial charge in [0.2, 0.25) is 5.91 Å². The van der Waals surface area contributed by atoms with Crippen LogP contribution in [0.15, 0.2) is 11.2 Å². The third kappa shape index (κ3) is 4.04. The van der Waals surface area contributed by atoms with E-state index < -0.39 is 5.97 Å². The summed E-state index contributed by atoms with van der Waals surface area (Å²) in [5.41, 5.74) is 0.400. The van der Waals surface area contributed by atoms with E-state index in [0.29, 0.717) is 16.5 Å². The van der Waals surface area contributed by atoms with Crippen LogP contribution >= 0.6 is 23.1 Å². The number of methoxy groups -OCH3 is 1. The van der Waals surface area contributed by atoms with E-state index in [0.717, 1.165) is 35.1 Å². The van der Waals surface area contributed by atoms with Gasteiger partial charge < -0.3 is 14.6 Å². The molecule has 0 saturated heterocycles. The van der Waals surface area contributed by atoms with Crippen molar-refractivity contribution in [1.29, 1.82) is 0 Å². The summed E-state index contributed by atoms with van der Waals surface area (Å²) in [6.45, 7) is 2.00. The molecule has 0 unspecified atom stereocenters. The van der Waals surface area contributed by atoms with Gasteiger partial charge in [0.1, 0.15) is 10.8 Å². The number of nitrogens with zero attached hydrogens (tertiary/aromatic N) is 3. The number of aromatic nitrogens is 3. The first-order chi connectivity index (χ1) is 12.0. The van der Waals surface area contributed by atoms with E-state index in [9.17, 15) is 9.59 Å². The van der Waals surface area contributed by atoms with E-state index in [4.69, 9.17) is 4.74 Å². The number of amides is 1. The van der Waals surface area contributed by atoms with Gasteiger partial charge in [-0.1, -0.05) is 18.7 Å². The Morgan fingerprint density at radius 1 is 1.44 bits per heavy atom. The Labute approximate surface area is 154 Å². The number of anilines is 1. The molecule has 2 aromatic heterocycles. The first-order valence-electron chi connectivity index (χ1n) is 8.06. The van der Waals surface area contributed by atoms with Crippen molar-refractivity contribution >= 4 is 40.0 Å². The molecule has 2 heterocycles. The van der Waals surface area contributed by atoms with Gasteiger partial charge in [0.05, 0.1) is 18.4 Å². The molecule has 0 aliphatic heterocycles. The van der Waals surface area contributed by atoms with Gasteiger partial charge >= 0.3 is 5.97 Å². The van der Waals surface area contributed by atoms with Gasteiger partial charge in [0, 0.05) is 17.8 Å². The number of thioether (sulfide) groups is 1. The number of ether oxygens (including phenoxy) is 1. The number of aryl methyl sites for hydroxylation is 1. The molecule has 7 nitrogen and oxygen atoms in total. The van der Waals surface area contributed by atoms with Crippen molar-refractivity contribution in [3.8, 4) is 0 Å². The van der Waals surface area contributed by atoms with Crippen LogP contribution in [0.3, 0.4) is 0 Å². The van der Waals surface area contributed by atoms with Crippen LogP contribution in [0.25, 0.3) is 0 Å². The molecule has 1 saturated carbocycles. The summed E-state index contributed by atoms with van der Waals surface area (Å²) >= 11 is 2.74. The van der Waals surface area contributed by atoms with Gasteiger partial charge in [-0.15, -0.1) is 21.5 Å². The third-order valence-electron chi connectivity index (χ3n) is 3.93. The molecular formula is C16H20N4O3S2. The topological polar surface area (TPSA) is 86.1 Å². The summed E-state index contributed by atoms with van der Waals surface area (Å²) < 4.78 is 6.74. The molecule has 1 fully saturated rings. The predicted molar refractivity (Wildman–Crippen MR) is 97.4 cm³/mol. The lowest BCUT2D eigenvalue weighted by atomic mass is 10.2. The average molecular weight is 380 g/mol. The fourth-order valence-corrected chi connectivity index (χ4v) is 4.13. The molecule has 1 N–H and O–H groups in total. The summed E-state index contributed by atoms with van der Waals surface area (Å²) in [7, 11) is 3.26. The average Bonchev–Trinajstić information content (AvgIpc) is 3.27. The quantitative estimate of drug-likeness (QED) is 0.587. The maximum atomic E-state index is 12.3. The SMILES string of the molecule is CCc1cc(C(=O)OC)c(NC(=O)CSc2nnc(C3CC3)n2C)s1. The minimum atomic E-state index is -0.443. The first-order valence-corrected chi connectivity index (χ1v) is 9.86. The van der Waals surface area contributed by atoms with Crippen LogP contribution in [0.5, 0.6) is 0 Å². The minimum Gasteiger partial charge on any atom is -0.465 e. The number of thiophene rings is 1. The smallest absolute Gasteiger partial charge is 0.340 e. The summed E-state index contributed by atoms with van der Waals surface area (Å²) in [5, 5.41) is 12.4. The maximum absolute atomic E-state index is 12.3. The number of carbonyl (C=O) groups is 2. The Kier molecular flexibility index (Phi) is 5.43. The zero-order valence-corrected chi connectivity index (χ0v) is 16.0. The van der Waals surface area contributed by atoms with E-state index in [1.54, 1.807) is 6.07 Å². The summed E-state index contributed by atoms with van der Waals surface area (Å²) in [6.07, 6.45) is 3.11. The van der Waals surface area contributed by atoms with E-state index in [2.05, 4.69) is 15.5 Å². The predicted octanol–water partition coefficient (Wildman–Crippen LogP) is 2.83. The van der Waals surface area contributed by atoms with Crippen molar-refractivity contribution in [2.24, 2.45) is 7.05 Å². The zero-order chi connectivity index (χ0) is 18.0. The maximum Gasteiger partial charge on any atom is 0.340 e. The molecule has 9 heteroatoms. The fourth-order valence-electron chi connectivity index (χ4n) is 2.41. The van der Waals surface area contributed by atoms with Gasteiger partial charge in [-0.3, -0.25) is 4.79 Å². The fraction of sp³-hybridized carbons (Fsp3) is 0.500. The molecule has 2 aromatic rings. The van der Waals surface area contributed by atoms with E-state index in [1.807, 2.05) is 18.5 Å². The van der Waals surface area contributed by atoms with Crippen LogP contribution in [-0.4, -0.2) is 39.5 Å². The monoisotopic (exact) mass is 380 g/mol. The van der Waals surface area contributed by atoms with Crippen LogP contribution in [0.4, 0.5) is 5.00 Å². The highest BCUT2D eigenvalue weighted by Crippen LogP contribution is 2.39. The molecule has 0 spiro atoms. The van der Waals surface area contributed by atoms with Gasteiger partial charge in [0.15, 0.2) is 5.16 Å². The van der Waals surface area contributed by atoms with Gasteiger partial charge in [-0.25, -0.2) is 4.79 Å². The molecule has 0 atom stereocenters. The van der Waals surface area contributed by atoms with Crippen LogP contribution < -0.4 is 5.32 Å². The van der Waals surface area contributed by atoms with E-state index in [1.165, 1.54) is 30.2 Å². The number of nitrogens with one attached hydrogen (secondary N) is 1. The summed E-state index contributed by atoms with van der Waals surface area (Å²) in [5.74, 6) is 1.08. The standard InChI is InChI=1S/C16H20N4O3S2/c1-4-10-7-11(15(22)23-3)14(25-10)17-12(21)8-24-16-19-18-13(20(16)2)9-5-6-9/h7,9H,4-6,8H2,1-3H3,(H,17,21). The number of hydrogen-bond acceptors (Lipinski definition) is 7. The lowest BCUT2D eigenvalue weighted by molar-refractivity contribution is -0.113. The van der Waals surface area contributed by atoms with Crippen molar-refractivity contribution in [2.45, 2.75) is 37.3 Å². The lowest BCUT2D eigenvalue weighted by Crippen LogP contribution is -2.16. The molecule has 1 amide bonds. The number of esters is 1. The zero-order valence-electron chi connectivity index (χ0n) is 14.4. The highest BCUT2D eigenvalue weighted by Gasteiger charge is 2.29. The Bertz CT molecular complexity index is 795. The van der Waals surface area contributed by atoms with Gasteiger partial charge in [0.25, 0.3) is 0 Å². The van der Waals surface area contributed by atoms with Crippen molar-refractivity contribution in [2.75, 3.05) is 18.2 Å². The van der Waals surface area contributed by atoms with Crippen molar-refractivity contribution in [3.05, 3.63) is 22.3 Å². The molecule has 3 rings (SSSR count). The van der Waals surface area contributed by atoms with Crippen LogP contribution in [0, 0.1) is 0 Å². The molecule has 0 radical (unpaired) electrons. The first kappa shape index (κ1) is 17.9.